The Morgan fingerprint density at radius 2 is 2.24 bits per heavy atom. The fraction of sp³-hybridized carbons (Fsp3) is 0.538. The minimum Gasteiger partial charge on any atom is -0.385 e. The van der Waals surface area contributed by atoms with Crippen molar-refractivity contribution in [2.24, 2.45) is 0 Å². The monoisotopic (exact) mass is 303 g/mol. The van der Waals surface area contributed by atoms with Gasteiger partial charge in [-0.25, -0.2) is 4.39 Å². The van der Waals surface area contributed by atoms with Gasteiger partial charge in [0.1, 0.15) is 5.82 Å². The molecule has 1 rings (SSSR count). The average molecular weight is 304 g/mol. The largest absolute Gasteiger partial charge is 0.385 e. The molecule has 0 aliphatic carbocycles. The van der Waals surface area contributed by atoms with Gasteiger partial charge in [0.25, 0.3) is 0 Å². The lowest BCUT2D eigenvalue weighted by atomic mass is 10.0. The van der Waals surface area contributed by atoms with Gasteiger partial charge in [-0.2, -0.15) is 0 Å². The van der Waals surface area contributed by atoms with Crippen LogP contribution in [0.15, 0.2) is 22.7 Å². The van der Waals surface area contributed by atoms with Crippen molar-refractivity contribution in [2.75, 3.05) is 20.3 Å². The average Bonchev–Trinajstić information content (AvgIpc) is 2.31. The van der Waals surface area contributed by atoms with E-state index in [4.69, 9.17) is 4.74 Å². The van der Waals surface area contributed by atoms with Crippen molar-refractivity contribution in [3.8, 4) is 0 Å². The number of rotatable bonds is 7. The van der Waals surface area contributed by atoms with E-state index in [1.807, 2.05) is 12.1 Å². The highest BCUT2D eigenvalue weighted by atomic mass is 79.9. The predicted molar refractivity (Wildman–Crippen MR) is 71.8 cm³/mol. The zero-order valence-corrected chi connectivity index (χ0v) is 11.9. The molecule has 0 amide bonds. The van der Waals surface area contributed by atoms with Crippen molar-refractivity contribution in [1.29, 1.82) is 0 Å². The van der Waals surface area contributed by atoms with Crippen LogP contribution >= 0.6 is 15.9 Å². The van der Waals surface area contributed by atoms with Gasteiger partial charge in [-0.05, 0) is 53.0 Å². The summed E-state index contributed by atoms with van der Waals surface area (Å²) in [5.41, 5.74) is 1.13. The SMILES string of the molecule is CCNC(CCOC)Cc1ccc(F)c(Br)c1. The summed E-state index contributed by atoms with van der Waals surface area (Å²) in [7, 11) is 1.71. The summed E-state index contributed by atoms with van der Waals surface area (Å²) >= 11 is 3.21. The summed E-state index contributed by atoms with van der Waals surface area (Å²) in [5.74, 6) is -0.217. The quantitative estimate of drug-likeness (QED) is 0.835. The Kier molecular flexibility index (Phi) is 6.70. The molecule has 2 nitrogen and oxygen atoms in total. The van der Waals surface area contributed by atoms with Crippen LogP contribution in [0.4, 0.5) is 4.39 Å². The summed E-state index contributed by atoms with van der Waals surface area (Å²) < 4.78 is 18.7. The molecule has 1 unspecified atom stereocenters. The van der Waals surface area contributed by atoms with Crippen LogP contribution in [0.25, 0.3) is 0 Å². The number of nitrogens with one attached hydrogen (secondary N) is 1. The number of ether oxygens (including phenoxy) is 1. The lowest BCUT2D eigenvalue weighted by Crippen LogP contribution is -2.32. The van der Waals surface area contributed by atoms with E-state index < -0.39 is 0 Å². The number of benzene rings is 1. The molecule has 1 aromatic carbocycles. The van der Waals surface area contributed by atoms with Gasteiger partial charge >= 0.3 is 0 Å². The van der Waals surface area contributed by atoms with Crippen molar-refractivity contribution in [1.82, 2.24) is 5.32 Å². The summed E-state index contributed by atoms with van der Waals surface area (Å²) in [6.07, 6.45) is 1.84. The molecule has 0 fully saturated rings. The number of halogens is 2. The lowest BCUT2D eigenvalue weighted by molar-refractivity contribution is 0.183. The standard InChI is InChI=1S/C13H19BrFNO/c1-3-16-11(6-7-17-2)8-10-4-5-13(15)12(14)9-10/h4-5,9,11,16H,3,6-8H2,1-2H3. The molecule has 0 heterocycles. The molecule has 96 valence electrons. The molecule has 0 saturated heterocycles. The summed E-state index contributed by atoms with van der Waals surface area (Å²) in [6, 6.07) is 5.54. The second kappa shape index (κ2) is 7.80. The number of likely N-dealkylation sites (N-methyl/N-ethyl adjacent to an activating group) is 1. The third kappa shape index (κ3) is 5.15. The Bertz CT molecular complexity index is 346. The van der Waals surface area contributed by atoms with Crippen molar-refractivity contribution >= 4 is 15.9 Å². The summed E-state index contributed by atoms with van der Waals surface area (Å²) in [4.78, 5) is 0. The number of hydrogen-bond acceptors (Lipinski definition) is 2. The molecule has 0 aromatic heterocycles. The predicted octanol–water partition coefficient (Wildman–Crippen LogP) is 3.15. The highest BCUT2D eigenvalue weighted by molar-refractivity contribution is 9.10. The Hall–Kier alpha value is -0.450. The van der Waals surface area contributed by atoms with E-state index >= 15 is 0 Å². The highest BCUT2D eigenvalue weighted by Crippen LogP contribution is 2.18. The number of methoxy groups -OCH3 is 1. The van der Waals surface area contributed by atoms with Crippen LogP contribution in [0.5, 0.6) is 0 Å². The van der Waals surface area contributed by atoms with Crippen molar-refractivity contribution in [3.63, 3.8) is 0 Å². The maximum Gasteiger partial charge on any atom is 0.137 e. The van der Waals surface area contributed by atoms with Gasteiger partial charge in [-0.1, -0.05) is 13.0 Å². The molecule has 1 aromatic rings. The van der Waals surface area contributed by atoms with Crippen LogP contribution in [0, 0.1) is 5.82 Å². The molecule has 17 heavy (non-hydrogen) atoms. The molecule has 1 N–H and O–H groups in total. The van der Waals surface area contributed by atoms with Gasteiger partial charge in [0.15, 0.2) is 0 Å². The molecular formula is C13H19BrFNO. The minimum atomic E-state index is -0.217. The Labute approximate surface area is 111 Å². The van der Waals surface area contributed by atoms with Crippen LogP contribution in [0.3, 0.4) is 0 Å². The maximum atomic E-state index is 13.1. The Morgan fingerprint density at radius 1 is 1.47 bits per heavy atom. The van der Waals surface area contributed by atoms with Crippen molar-refractivity contribution in [2.45, 2.75) is 25.8 Å². The van der Waals surface area contributed by atoms with Gasteiger partial charge in [0.05, 0.1) is 4.47 Å². The van der Waals surface area contributed by atoms with Gasteiger partial charge in [-0.15, -0.1) is 0 Å². The Morgan fingerprint density at radius 3 is 2.82 bits per heavy atom. The molecule has 0 spiro atoms. The van der Waals surface area contributed by atoms with Crippen LogP contribution in [0.1, 0.15) is 18.9 Å². The van der Waals surface area contributed by atoms with E-state index in [-0.39, 0.29) is 5.82 Å². The van der Waals surface area contributed by atoms with E-state index in [0.29, 0.717) is 10.5 Å². The topological polar surface area (TPSA) is 21.3 Å². The van der Waals surface area contributed by atoms with Crippen LogP contribution in [0.2, 0.25) is 0 Å². The molecule has 4 heteroatoms. The third-order valence-corrected chi connectivity index (χ3v) is 3.24. The Balaban J connectivity index is 2.61. The van der Waals surface area contributed by atoms with Crippen LogP contribution in [-0.4, -0.2) is 26.3 Å². The molecule has 0 saturated carbocycles. The number of hydrogen-bond donors (Lipinski definition) is 1. The van der Waals surface area contributed by atoms with Crippen molar-refractivity contribution < 1.29 is 9.13 Å². The summed E-state index contributed by atoms with van der Waals surface area (Å²) in [5, 5.41) is 3.41. The third-order valence-electron chi connectivity index (χ3n) is 2.63. The van der Waals surface area contributed by atoms with E-state index in [1.165, 1.54) is 6.07 Å². The van der Waals surface area contributed by atoms with E-state index in [0.717, 1.165) is 31.6 Å². The van der Waals surface area contributed by atoms with Gasteiger partial charge < -0.3 is 10.1 Å². The molecular weight excluding hydrogens is 285 g/mol. The molecule has 0 aliphatic heterocycles. The first-order valence-electron chi connectivity index (χ1n) is 5.83. The molecule has 1 atom stereocenters. The normalized spacial score (nSPS) is 12.7. The first-order chi connectivity index (χ1) is 8.17. The van der Waals surface area contributed by atoms with Gasteiger partial charge in [-0.3, -0.25) is 0 Å². The second-order valence-electron chi connectivity index (χ2n) is 3.99. The van der Waals surface area contributed by atoms with Crippen LogP contribution < -0.4 is 5.32 Å². The minimum absolute atomic E-state index is 0.217. The zero-order chi connectivity index (χ0) is 12.7. The molecule has 0 radical (unpaired) electrons. The molecule has 0 aliphatic rings. The van der Waals surface area contributed by atoms with E-state index in [1.54, 1.807) is 7.11 Å². The first kappa shape index (κ1) is 14.6. The fourth-order valence-electron chi connectivity index (χ4n) is 1.78. The first-order valence-corrected chi connectivity index (χ1v) is 6.63. The van der Waals surface area contributed by atoms with E-state index in [2.05, 4.69) is 28.2 Å². The van der Waals surface area contributed by atoms with Crippen molar-refractivity contribution in [3.05, 3.63) is 34.1 Å². The smallest absolute Gasteiger partial charge is 0.137 e. The zero-order valence-electron chi connectivity index (χ0n) is 10.3. The second-order valence-corrected chi connectivity index (χ2v) is 4.84. The fourth-order valence-corrected chi connectivity index (χ4v) is 2.20. The maximum absolute atomic E-state index is 13.1. The lowest BCUT2D eigenvalue weighted by Gasteiger charge is -2.17. The summed E-state index contributed by atoms with van der Waals surface area (Å²) in [6.45, 7) is 3.75. The highest BCUT2D eigenvalue weighted by Gasteiger charge is 2.09. The van der Waals surface area contributed by atoms with Crippen LogP contribution in [-0.2, 0) is 11.2 Å². The molecule has 0 bridgehead atoms. The van der Waals surface area contributed by atoms with Gasteiger partial charge in [0.2, 0.25) is 0 Å². The van der Waals surface area contributed by atoms with E-state index in [9.17, 15) is 4.39 Å². The van der Waals surface area contributed by atoms with Gasteiger partial charge in [0, 0.05) is 19.8 Å².